The van der Waals surface area contributed by atoms with Crippen LogP contribution < -0.4 is 5.32 Å². The molecule has 0 radical (unpaired) electrons. The SMILES string of the molecule is O=C(Nc1ccc2c(c1)Cc1ccccc1-2)C1CCN(C(=O)N2CCCC2)CC1. The number of likely N-dealkylation sites (tertiary alicyclic amines) is 2. The van der Waals surface area contributed by atoms with E-state index in [9.17, 15) is 9.59 Å². The molecule has 2 aromatic rings. The summed E-state index contributed by atoms with van der Waals surface area (Å²) in [7, 11) is 0. The number of nitrogens with one attached hydrogen (secondary N) is 1. The van der Waals surface area contributed by atoms with Gasteiger partial charge in [0.1, 0.15) is 0 Å². The van der Waals surface area contributed by atoms with Crippen LogP contribution in [0.15, 0.2) is 42.5 Å². The third-order valence-corrected chi connectivity index (χ3v) is 6.57. The van der Waals surface area contributed by atoms with Gasteiger partial charge in [-0.25, -0.2) is 4.79 Å². The molecule has 0 atom stereocenters. The summed E-state index contributed by atoms with van der Waals surface area (Å²) in [6.07, 6.45) is 4.61. The first-order valence-corrected chi connectivity index (χ1v) is 10.7. The smallest absolute Gasteiger partial charge is 0.319 e. The molecule has 2 saturated heterocycles. The number of anilines is 1. The number of urea groups is 1. The molecule has 150 valence electrons. The van der Waals surface area contributed by atoms with Crippen molar-refractivity contribution in [2.75, 3.05) is 31.5 Å². The molecule has 1 N–H and O–H groups in total. The van der Waals surface area contributed by atoms with Gasteiger partial charge in [0.2, 0.25) is 5.91 Å². The lowest BCUT2D eigenvalue weighted by Gasteiger charge is -2.34. The summed E-state index contributed by atoms with van der Waals surface area (Å²) in [6, 6.07) is 14.9. The van der Waals surface area contributed by atoms with Crippen molar-refractivity contribution in [2.45, 2.75) is 32.1 Å². The second-order valence-electron chi connectivity index (χ2n) is 8.43. The highest BCUT2D eigenvalue weighted by atomic mass is 16.2. The maximum atomic E-state index is 12.8. The van der Waals surface area contributed by atoms with E-state index >= 15 is 0 Å². The van der Waals surface area contributed by atoms with Crippen LogP contribution in [0.5, 0.6) is 0 Å². The lowest BCUT2D eigenvalue weighted by Crippen LogP contribution is -2.47. The molecule has 2 aliphatic heterocycles. The molecular formula is C24H27N3O2. The summed E-state index contributed by atoms with van der Waals surface area (Å²) >= 11 is 0. The summed E-state index contributed by atoms with van der Waals surface area (Å²) in [6.45, 7) is 3.10. The molecule has 5 nitrogen and oxygen atoms in total. The van der Waals surface area contributed by atoms with Crippen molar-refractivity contribution in [1.82, 2.24) is 9.80 Å². The molecule has 1 aliphatic carbocycles. The van der Waals surface area contributed by atoms with Gasteiger partial charge in [-0.3, -0.25) is 4.79 Å². The Hall–Kier alpha value is -2.82. The lowest BCUT2D eigenvalue weighted by atomic mass is 9.96. The molecular weight excluding hydrogens is 362 g/mol. The summed E-state index contributed by atoms with van der Waals surface area (Å²) < 4.78 is 0. The highest BCUT2D eigenvalue weighted by Crippen LogP contribution is 2.37. The molecule has 0 spiro atoms. The minimum atomic E-state index is -0.0249. The monoisotopic (exact) mass is 389 g/mol. The maximum Gasteiger partial charge on any atom is 0.319 e. The third-order valence-electron chi connectivity index (χ3n) is 6.57. The first-order chi connectivity index (χ1) is 14.2. The first-order valence-electron chi connectivity index (χ1n) is 10.7. The number of hydrogen-bond donors (Lipinski definition) is 1. The van der Waals surface area contributed by atoms with Gasteiger partial charge in [-0.1, -0.05) is 30.3 Å². The van der Waals surface area contributed by atoms with E-state index in [1.807, 2.05) is 15.9 Å². The molecule has 5 rings (SSSR count). The van der Waals surface area contributed by atoms with Gasteiger partial charge in [-0.2, -0.15) is 0 Å². The van der Waals surface area contributed by atoms with E-state index in [1.165, 1.54) is 22.3 Å². The zero-order valence-corrected chi connectivity index (χ0v) is 16.7. The van der Waals surface area contributed by atoms with Gasteiger partial charge >= 0.3 is 6.03 Å². The van der Waals surface area contributed by atoms with Crippen molar-refractivity contribution in [2.24, 2.45) is 5.92 Å². The standard InChI is InChI=1S/C24H27N3O2/c28-23(17-9-13-27(14-10-17)24(29)26-11-3-4-12-26)25-20-7-8-22-19(16-20)15-18-5-1-2-6-21(18)22/h1-2,5-8,16-17H,3-4,9-15H2,(H,25,28). The average molecular weight is 389 g/mol. The quantitative estimate of drug-likeness (QED) is 0.717. The summed E-state index contributed by atoms with van der Waals surface area (Å²) in [5.74, 6) is 0.0526. The fourth-order valence-electron chi connectivity index (χ4n) is 4.91. The Morgan fingerprint density at radius 1 is 0.828 bits per heavy atom. The predicted octanol–water partition coefficient (Wildman–Crippen LogP) is 4.12. The highest BCUT2D eigenvalue weighted by molar-refractivity contribution is 5.93. The number of rotatable bonds is 2. The number of fused-ring (bicyclic) bond motifs is 3. The Balaban J connectivity index is 1.19. The Bertz CT molecular complexity index is 941. The Kier molecular flexibility index (Phi) is 4.74. The van der Waals surface area contributed by atoms with E-state index < -0.39 is 0 Å². The van der Waals surface area contributed by atoms with Crippen LogP contribution in [0, 0.1) is 5.92 Å². The van der Waals surface area contributed by atoms with Crippen LogP contribution in [0.3, 0.4) is 0 Å². The molecule has 0 saturated carbocycles. The Labute approximate surface area is 171 Å². The fourth-order valence-corrected chi connectivity index (χ4v) is 4.91. The van der Waals surface area contributed by atoms with Crippen molar-refractivity contribution in [3.05, 3.63) is 53.6 Å². The highest BCUT2D eigenvalue weighted by Gasteiger charge is 2.30. The van der Waals surface area contributed by atoms with Gasteiger partial charge in [0, 0.05) is 37.8 Å². The summed E-state index contributed by atoms with van der Waals surface area (Å²) in [4.78, 5) is 29.2. The van der Waals surface area contributed by atoms with E-state index in [4.69, 9.17) is 0 Å². The zero-order chi connectivity index (χ0) is 19.8. The normalized spacial score (nSPS) is 18.5. The van der Waals surface area contributed by atoms with Crippen molar-refractivity contribution in [3.8, 4) is 11.1 Å². The number of piperidine rings is 1. The molecule has 2 aromatic carbocycles. The summed E-state index contributed by atoms with van der Waals surface area (Å²) in [5.41, 5.74) is 6.07. The van der Waals surface area contributed by atoms with Crippen LogP contribution in [0.25, 0.3) is 11.1 Å². The third kappa shape index (κ3) is 3.50. The number of carbonyl (C=O) groups excluding carboxylic acids is 2. The lowest BCUT2D eigenvalue weighted by molar-refractivity contribution is -0.121. The second kappa shape index (κ2) is 7.54. The first kappa shape index (κ1) is 18.2. The largest absolute Gasteiger partial charge is 0.326 e. The number of carbonyl (C=O) groups is 2. The van der Waals surface area contributed by atoms with Gasteiger partial charge < -0.3 is 15.1 Å². The maximum absolute atomic E-state index is 12.8. The van der Waals surface area contributed by atoms with Crippen LogP contribution in [-0.4, -0.2) is 47.9 Å². The van der Waals surface area contributed by atoms with Crippen molar-refractivity contribution >= 4 is 17.6 Å². The number of nitrogens with zero attached hydrogens (tertiary/aromatic N) is 2. The molecule has 3 aliphatic rings. The van der Waals surface area contributed by atoms with Crippen LogP contribution in [0.2, 0.25) is 0 Å². The molecule has 29 heavy (non-hydrogen) atoms. The van der Waals surface area contributed by atoms with Gasteiger partial charge in [0.25, 0.3) is 0 Å². The Morgan fingerprint density at radius 3 is 2.31 bits per heavy atom. The van der Waals surface area contributed by atoms with Crippen molar-refractivity contribution < 1.29 is 9.59 Å². The zero-order valence-electron chi connectivity index (χ0n) is 16.7. The van der Waals surface area contributed by atoms with E-state index in [0.717, 1.165) is 50.9 Å². The molecule has 3 amide bonds. The van der Waals surface area contributed by atoms with E-state index in [0.29, 0.717) is 13.1 Å². The van der Waals surface area contributed by atoms with Crippen LogP contribution in [0.1, 0.15) is 36.8 Å². The van der Waals surface area contributed by atoms with Crippen LogP contribution in [0.4, 0.5) is 10.5 Å². The Morgan fingerprint density at radius 2 is 1.52 bits per heavy atom. The summed E-state index contributed by atoms with van der Waals surface area (Å²) in [5, 5.41) is 3.11. The minimum absolute atomic E-state index is 0.0249. The van der Waals surface area contributed by atoms with Gasteiger partial charge in [0.15, 0.2) is 0 Å². The van der Waals surface area contributed by atoms with Crippen molar-refractivity contribution in [3.63, 3.8) is 0 Å². The molecule has 5 heteroatoms. The number of benzene rings is 2. The van der Waals surface area contributed by atoms with E-state index in [1.54, 1.807) is 0 Å². The molecule has 0 unspecified atom stereocenters. The van der Waals surface area contributed by atoms with Gasteiger partial charge in [0.05, 0.1) is 0 Å². The van der Waals surface area contributed by atoms with Crippen molar-refractivity contribution in [1.29, 1.82) is 0 Å². The average Bonchev–Trinajstić information content (AvgIpc) is 3.41. The molecule has 0 bridgehead atoms. The second-order valence-corrected chi connectivity index (χ2v) is 8.43. The van der Waals surface area contributed by atoms with Gasteiger partial charge in [-0.05, 0) is 66.5 Å². The van der Waals surface area contributed by atoms with E-state index in [2.05, 4.69) is 41.7 Å². The fraction of sp³-hybridized carbons (Fsp3) is 0.417. The number of hydrogen-bond acceptors (Lipinski definition) is 2. The topological polar surface area (TPSA) is 52.7 Å². The minimum Gasteiger partial charge on any atom is -0.326 e. The molecule has 0 aromatic heterocycles. The van der Waals surface area contributed by atoms with E-state index in [-0.39, 0.29) is 17.9 Å². The number of amides is 3. The molecule has 2 fully saturated rings. The predicted molar refractivity (Wildman–Crippen MR) is 114 cm³/mol. The van der Waals surface area contributed by atoms with Crippen LogP contribution in [-0.2, 0) is 11.2 Å². The van der Waals surface area contributed by atoms with Gasteiger partial charge in [-0.15, -0.1) is 0 Å². The van der Waals surface area contributed by atoms with Crippen LogP contribution >= 0.6 is 0 Å². The molecule has 2 heterocycles.